The number of benzene rings is 3. The van der Waals surface area contributed by atoms with E-state index in [1.165, 1.54) is 11.6 Å². The molecule has 0 bridgehead atoms. The SMILES string of the molecule is CC1(C)c2ccccc2N2Cc3cc([N+](=O)[O-])ccc3OC21/C=C/c1ccccc1. The molecule has 1 atom stereocenters. The molecule has 0 aliphatic carbocycles. The Morgan fingerprint density at radius 1 is 1.03 bits per heavy atom. The predicted molar refractivity (Wildman–Crippen MR) is 118 cm³/mol. The van der Waals surface area contributed by atoms with Gasteiger partial charge >= 0.3 is 0 Å². The van der Waals surface area contributed by atoms with Gasteiger partial charge in [-0.15, -0.1) is 0 Å². The zero-order chi connectivity index (χ0) is 20.9. The van der Waals surface area contributed by atoms with Crippen LogP contribution in [-0.4, -0.2) is 10.6 Å². The first kappa shape index (κ1) is 18.4. The van der Waals surface area contributed by atoms with Crippen molar-refractivity contribution in [3.8, 4) is 5.75 Å². The third-order valence-corrected chi connectivity index (χ3v) is 6.31. The number of hydrogen-bond donors (Lipinski definition) is 0. The number of fused-ring (bicyclic) bond motifs is 4. The van der Waals surface area contributed by atoms with E-state index in [1.54, 1.807) is 12.1 Å². The summed E-state index contributed by atoms with van der Waals surface area (Å²) in [5, 5.41) is 11.3. The van der Waals surface area contributed by atoms with E-state index in [-0.39, 0.29) is 16.0 Å². The molecule has 0 aromatic heterocycles. The highest BCUT2D eigenvalue weighted by Crippen LogP contribution is 2.56. The lowest BCUT2D eigenvalue weighted by molar-refractivity contribution is -0.385. The van der Waals surface area contributed by atoms with Crippen LogP contribution >= 0.6 is 0 Å². The Morgan fingerprint density at radius 3 is 2.53 bits per heavy atom. The molecule has 0 saturated heterocycles. The lowest BCUT2D eigenvalue weighted by Gasteiger charge is -2.48. The molecule has 2 aliphatic heterocycles. The molecule has 0 radical (unpaired) electrons. The van der Waals surface area contributed by atoms with Crippen LogP contribution in [0.15, 0.2) is 78.9 Å². The predicted octanol–water partition coefficient (Wildman–Crippen LogP) is 5.69. The average molecular weight is 398 g/mol. The van der Waals surface area contributed by atoms with Crippen molar-refractivity contribution in [1.29, 1.82) is 0 Å². The summed E-state index contributed by atoms with van der Waals surface area (Å²) < 4.78 is 6.71. The largest absolute Gasteiger partial charge is 0.463 e. The van der Waals surface area contributed by atoms with Crippen LogP contribution in [0.1, 0.15) is 30.5 Å². The summed E-state index contributed by atoms with van der Waals surface area (Å²) in [6.07, 6.45) is 4.23. The summed E-state index contributed by atoms with van der Waals surface area (Å²) in [7, 11) is 0. The number of nitro groups is 1. The van der Waals surface area contributed by atoms with Crippen LogP contribution < -0.4 is 9.64 Å². The normalized spacial score (nSPS) is 20.9. The van der Waals surface area contributed by atoms with E-state index in [0.29, 0.717) is 12.3 Å². The van der Waals surface area contributed by atoms with Crippen molar-refractivity contribution in [3.05, 3.63) is 106 Å². The van der Waals surface area contributed by atoms with E-state index in [9.17, 15) is 10.1 Å². The summed E-state index contributed by atoms with van der Waals surface area (Å²) in [5.41, 5.74) is 3.21. The van der Waals surface area contributed by atoms with Crippen molar-refractivity contribution in [2.75, 3.05) is 4.90 Å². The summed E-state index contributed by atoms with van der Waals surface area (Å²) in [6, 6.07) is 23.3. The minimum Gasteiger partial charge on any atom is -0.463 e. The maximum Gasteiger partial charge on any atom is 0.270 e. The molecule has 0 fully saturated rings. The molecule has 150 valence electrons. The lowest BCUT2D eigenvalue weighted by Crippen LogP contribution is -2.60. The Labute approximate surface area is 175 Å². The van der Waals surface area contributed by atoms with Gasteiger partial charge in [-0.3, -0.25) is 10.1 Å². The van der Waals surface area contributed by atoms with E-state index in [4.69, 9.17) is 4.74 Å². The quantitative estimate of drug-likeness (QED) is 0.420. The van der Waals surface area contributed by atoms with Gasteiger partial charge in [-0.1, -0.05) is 54.6 Å². The van der Waals surface area contributed by atoms with Crippen molar-refractivity contribution in [2.24, 2.45) is 0 Å². The van der Waals surface area contributed by atoms with Gasteiger partial charge in [-0.25, -0.2) is 0 Å². The number of para-hydroxylation sites is 1. The summed E-state index contributed by atoms with van der Waals surface area (Å²) in [6.45, 7) is 4.92. The second-order valence-corrected chi connectivity index (χ2v) is 8.32. The van der Waals surface area contributed by atoms with Gasteiger partial charge in [0.15, 0.2) is 0 Å². The van der Waals surface area contributed by atoms with Gasteiger partial charge in [0.25, 0.3) is 5.69 Å². The van der Waals surface area contributed by atoms with Crippen molar-refractivity contribution in [1.82, 2.24) is 0 Å². The first-order valence-electron chi connectivity index (χ1n) is 10.0. The van der Waals surface area contributed by atoms with Gasteiger partial charge in [0.2, 0.25) is 5.72 Å². The van der Waals surface area contributed by atoms with Crippen LogP contribution in [0.3, 0.4) is 0 Å². The molecule has 0 amide bonds. The number of non-ortho nitro benzene ring substituents is 1. The van der Waals surface area contributed by atoms with Crippen LogP contribution in [0, 0.1) is 10.1 Å². The maximum atomic E-state index is 11.3. The van der Waals surface area contributed by atoms with E-state index in [1.807, 2.05) is 30.3 Å². The van der Waals surface area contributed by atoms with E-state index >= 15 is 0 Å². The molecule has 30 heavy (non-hydrogen) atoms. The molecule has 5 rings (SSSR count). The third-order valence-electron chi connectivity index (χ3n) is 6.31. The van der Waals surface area contributed by atoms with E-state index < -0.39 is 5.72 Å². The minimum absolute atomic E-state index is 0.0800. The minimum atomic E-state index is -0.740. The zero-order valence-electron chi connectivity index (χ0n) is 16.9. The molecule has 0 saturated carbocycles. The molecule has 2 aliphatic rings. The molecule has 2 heterocycles. The van der Waals surface area contributed by atoms with Crippen molar-refractivity contribution >= 4 is 17.5 Å². The van der Waals surface area contributed by atoms with Gasteiger partial charge < -0.3 is 9.64 Å². The van der Waals surface area contributed by atoms with Gasteiger partial charge in [0, 0.05) is 23.4 Å². The van der Waals surface area contributed by atoms with E-state index in [0.717, 1.165) is 16.8 Å². The number of nitro benzene ring substituents is 1. The second kappa shape index (κ2) is 6.46. The highest BCUT2D eigenvalue weighted by molar-refractivity contribution is 5.71. The first-order valence-corrected chi connectivity index (χ1v) is 10.0. The van der Waals surface area contributed by atoms with Crippen LogP contribution in [0.5, 0.6) is 5.75 Å². The van der Waals surface area contributed by atoms with Gasteiger partial charge in [-0.2, -0.15) is 0 Å². The summed E-state index contributed by atoms with van der Waals surface area (Å²) >= 11 is 0. The third kappa shape index (κ3) is 2.55. The van der Waals surface area contributed by atoms with Crippen LogP contribution in [0.25, 0.3) is 6.08 Å². The fraction of sp³-hybridized carbons (Fsp3) is 0.200. The van der Waals surface area contributed by atoms with Crippen molar-refractivity contribution in [3.63, 3.8) is 0 Å². The fourth-order valence-electron chi connectivity index (χ4n) is 4.68. The maximum absolute atomic E-state index is 11.3. The number of rotatable bonds is 3. The number of anilines is 1. The molecule has 3 aromatic carbocycles. The second-order valence-electron chi connectivity index (χ2n) is 8.32. The molecular formula is C25H22N2O3. The highest BCUT2D eigenvalue weighted by atomic mass is 16.6. The van der Waals surface area contributed by atoms with Gasteiger partial charge in [0.05, 0.1) is 16.9 Å². The Bertz CT molecular complexity index is 1170. The zero-order valence-corrected chi connectivity index (χ0v) is 16.9. The number of nitrogens with zero attached hydrogens (tertiary/aromatic N) is 2. The molecule has 5 heteroatoms. The standard InChI is InChI=1S/C25H22N2O3/c1-24(2)21-10-6-7-11-22(21)26-17-19-16-20(27(28)29)12-13-23(19)30-25(24,26)15-14-18-8-4-3-5-9-18/h3-16H,17H2,1-2H3/b15-14+. The molecule has 3 aromatic rings. The van der Waals surface area contributed by atoms with Gasteiger partial charge in [0.1, 0.15) is 5.75 Å². The van der Waals surface area contributed by atoms with Crippen molar-refractivity contribution < 1.29 is 9.66 Å². The molecule has 1 unspecified atom stereocenters. The Hall–Kier alpha value is -3.60. The smallest absolute Gasteiger partial charge is 0.270 e. The monoisotopic (exact) mass is 398 g/mol. The lowest BCUT2D eigenvalue weighted by atomic mass is 9.76. The van der Waals surface area contributed by atoms with Gasteiger partial charge in [-0.05, 0) is 43.2 Å². The Kier molecular flexibility index (Phi) is 3.97. The molecule has 0 spiro atoms. The number of hydrogen-bond acceptors (Lipinski definition) is 4. The molecule has 5 nitrogen and oxygen atoms in total. The molecular weight excluding hydrogens is 376 g/mol. The Morgan fingerprint density at radius 2 is 1.77 bits per heavy atom. The number of ether oxygens (including phenoxy) is 1. The van der Waals surface area contributed by atoms with E-state index in [2.05, 4.69) is 55.2 Å². The highest BCUT2D eigenvalue weighted by Gasteiger charge is 2.59. The molecule has 0 N–H and O–H groups in total. The topological polar surface area (TPSA) is 55.6 Å². The van der Waals surface area contributed by atoms with Crippen LogP contribution in [0.2, 0.25) is 0 Å². The first-order chi connectivity index (χ1) is 14.4. The van der Waals surface area contributed by atoms with Crippen LogP contribution in [0.4, 0.5) is 11.4 Å². The van der Waals surface area contributed by atoms with Crippen molar-refractivity contribution in [2.45, 2.75) is 31.5 Å². The average Bonchev–Trinajstić information content (AvgIpc) is 2.95. The summed E-state index contributed by atoms with van der Waals surface area (Å²) in [5.74, 6) is 0.690. The van der Waals surface area contributed by atoms with Crippen LogP contribution in [-0.2, 0) is 12.0 Å². The Balaban J connectivity index is 1.69. The fourth-order valence-corrected chi connectivity index (χ4v) is 4.68. The summed E-state index contributed by atoms with van der Waals surface area (Å²) in [4.78, 5) is 13.1.